The van der Waals surface area contributed by atoms with Gasteiger partial charge in [-0.3, -0.25) is 5.10 Å². The van der Waals surface area contributed by atoms with Crippen molar-refractivity contribution in [1.29, 1.82) is 0 Å². The minimum absolute atomic E-state index is 0.667. The summed E-state index contributed by atoms with van der Waals surface area (Å²) >= 11 is 0. The van der Waals surface area contributed by atoms with E-state index in [-0.39, 0.29) is 0 Å². The van der Waals surface area contributed by atoms with Crippen LogP contribution in [0, 0.1) is 0 Å². The van der Waals surface area contributed by atoms with Crippen molar-refractivity contribution in [3.05, 3.63) is 24.7 Å². The Kier molecular flexibility index (Phi) is 2.62. The fraction of sp³-hybridized carbons (Fsp3) is 0.300. The summed E-state index contributed by atoms with van der Waals surface area (Å²) in [6.07, 6.45) is 4.21. The van der Waals surface area contributed by atoms with Crippen LogP contribution in [0.4, 0.5) is 5.82 Å². The summed E-state index contributed by atoms with van der Waals surface area (Å²) in [4.78, 5) is 8.35. The molecule has 2 rings (SSSR count). The van der Waals surface area contributed by atoms with Crippen LogP contribution in [0.25, 0.3) is 11.0 Å². The lowest BCUT2D eigenvalue weighted by atomic mass is 10.3. The molecule has 0 radical (unpaired) electrons. The zero-order valence-electron chi connectivity index (χ0n) is 8.62. The molecule has 0 bridgehead atoms. The molecule has 2 heterocycles. The summed E-state index contributed by atoms with van der Waals surface area (Å²) in [7, 11) is 0. The SMILES string of the molecule is C=CCNc1ncnc2c(CC)[nH]nc12. The third-order valence-corrected chi connectivity index (χ3v) is 2.18. The number of hydrogen-bond donors (Lipinski definition) is 2. The predicted molar refractivity (Wildman–Crippen MR) is 59.7 cm³/mol. The number of nitrogens with zero attached hydrogens (tertiary/aromatic N) is 3. The molecule has 0 atom stereocenters. The Morgan fingerprint density at radius 1 is 1.47 bits per heavy atom. The Bertz CT molecular complexity index is 474. The Balaban J connectivity index is 2.47. The van der Waals surface area contributed by atoms with Crippen molar-refractivity contribution in [2.24, 2.45) is 0 Å². The predicted octanol–water partition coefficient (Wildman–Crippen LogP) is 1.51. The van der Waals surface area contributed by atoms with Gasteiger partial charge in [0.1, 0.15) is 11.8 Å². The van der Waals surface area contributed by atoms with Gasteiger partial charge in [-0.1, -0.05) is 13.0 Å². The zero-order valence-corrected chi connectivity index (χ0v) is 8.62. The lowest BCUT2D eigenvalue weighted by Gasteiger charge is -2.01. The van der Waals surface area contributed by atoms with Gasteiger partial charge in [0.05, 0.1) is 5.69 Å². The molecule has 0 fully saturated rings. The zero-order chi connectivity index (χ0) is 10.7. The molecule has 0 aliphatic heterocycles. The molecule has 0 amide bonds. The number of nitrogens with one attached hydrogen (secondary N) is 2. The molecular formula is C10H13N5. The summed E-state index contributed by atoms with van der Waals surface area (Å²) in [6, 6.07) is 0. The maximum absolute atomic E-state index is 4.21. The van der Waals surface area contributed by atoms with Crippen molar-refractivity contribution in [2.75, 3.05) is 11.9 Å². The van der Waals surface area contributed by atoms with Crippen LogP contribution >= 0.6 is 0 Å². The number of rotatable bonds is 4. The molecule has 0 unspecified atom stereocenters. The van der Waals surface area contributed by atoms with Crippen LogP contribution in [-0.2, 0) is 6.42 Å². The fourth-order valence-electron chi connectivity index (χ4n) is 1.43. The van der Waals surface area contributed by atoms with E-state index in [9.17, 15) is 0 Å². The van der Waals surface area contributed by atoms with Crippen molar-refractivity contribution in [1.82, 2.24) is 20.2 Å². The highest BCUT2D eigenvalue weighted by molar-refractivity contribution is 5.86. The first-order valence-corrected chi connectivity index (χ1v) is 4.89. The molecule has 2 aromatic heterocycles. The number of aromatic nitrogens is 4. The second-order valence-corrected chi connectivity index (χ2v) is 3.14. The number of anilines is 1. The molecular weight excluding hydrogens is 190 g/mol. The Labute approximate surface area is 87.6 Å². The fourth-order valence-corrected chi connectivity index (χ4v) is 1.43. The second kappa shape index (κ2) is 4.08. The van der Waals surface area contributed by atoms with Gasteiger partial charge in [0.25, 0.3) is 0 Å². The molecule has 5 heteroatoms. The average molecular weight is 203 g/mol. The number of aromatic amines is 1. The molecule has 0 saturated heterocycles. The number of H-pyrrole nitrogens is 1. The average Bonchev–Trinajstić information content (AvgIpc) is 2.69. The van der Waals surface area contributed by atoms with Crippen molar-refractivity contribution in [2.45, 2.75) is 13.3 Å². The van der Waals surface area contributed by atoms with Crippen LogP contribution in [0.2, 0.25) is 0 Å². The first-order chi connectivity index (χ1) is 7.36. The number of hydrogen-bond acceptors (Lipinski definition) is 4. The highest BCUT2D eigenvalue weighted by atomic mass is 15.2. The van der Waals surface area contributed by atoms with E-state index in [2.05, 4.69) is 39.0 Å². The summed E-state index contributed by atoms with van der Waals surface area (Å²) in [6.45, 7) is 6.37. The van der Waals surface area contributed by atoms with Crippen LogP contribution in [0.15, 0.2) is 19.0 Å². The normalized spacial score (nSPS) is 10.5. The van der Waals surface area contributed by atoms with Crippen molar-refractivity contribution < 1.29 is 0 Å². The van der Waals surface area contributed by atoms with Crippen molar-refractivity contribution in [3.63, 3.8) is 0 Å². The van der Waals surface area contributed by atoms with E-state index >= 15 is 0 Å². The van der Waals surface area contributed by atoms with Crippen LogP contribution in [-0.4, -0.2) is 26.7 Å². The third-order valence-electron chi connectivity index (χ3n) is 2.18. The van der Waals surface area contributed by atoms with Gasteiger partial charge >= 0.3 is 0 Å². The molecule has 5 nitrogen and oxygen atoms in total. The van der Waals surface area contributed by atoms with Crippen LogP contribution in [0.3, 0.4) is 0 Å². The van der Waals surface area contributed by atoms with E-state index in [1.54, 1.807) is 12.4 Å². The van der Waals surface area contributed by atoms with Gasteiger partial charge < -0.3 is 5.32 Å². The lowest BCUT2D eigenvalue weighted by Crippen LogP contribution is -2.01. The highest BCUT2D eigenvalue weighted by Crippen LogP contribution is 2.19. The molecule has 15 heavy (non-hydrogen) atoms. The van der Waals surface area contributed by atoms with Gasteiger partial charge in [0.2, 0.25) is 0 Å². The Morgan fingerprint density at radius 2 is 2.33 bits per heavy atom. The molecule has 2 N–H and O–H groups in total. The maximum atomic E-state index is 4.21. The van der Waals surface area contributed by atoms with Crippen LogP contribution < -0.4 is 5.32 Å². The van der Waals surface area contributed by atoms with E-state index in [1.807, 2.05) is 0 Å². The smallest absolute Gasteiger partial charge is 0.158 e. The second-order valence-electron chi connectivity index (χ2n) is 3.14. The summed E-state index contributed by atoms with van der Waals surface area (Å²) in [5.74, 6) is 0.746. The van der Waals surface area contributed by atoms with E-state index < -0.39 is 0 Å². The van der Waals surface area contributed by atoms with E-state index in [0.29, 0.717) is 6.54 Å². The Morgan fingerprint density at radius 3 is 3.07 bits per heavy atom. The van der Waals surface area contributed by atoms with Gasteiger partial charge in [-0.15, -0.1) is 6.58 Å². The molecule has 0 spiro atoms. The Hall–Kier alpha value is -1.91. The molecule has 0 aliphatic carbocycles. The minimum Gasteiger partial charge on any atom is -0.365 e. The topological polar surface area (TPSA) is 66.5 Å². The summed E-state index contributed by atoms with van der Waals surface area (Å²) < 4.78 is 0. The van der Waals surface area contributed by atoms with Gasteiger partial charge in [-0.25, -0.2) is 9.97 Å². The van der Waals surface area contributed by atoms with Gasteiger partial charge in [-0.2, -0.15) is 5.10 Å². The highest BCUT2D eigenvalue weighted by Gasteiger charge is 2.09. The third kappa shape index (κ3) is 1.68. The number of aryl methyl sites for hydroxylation is 1. The lowest BCUT2D eigenvalue weighted by molar-refractivity contribution is 0.985. The summed E-state index contributed by atoms with van der Waals surface area (Å²) in [5.41, 5.74) is 2.71. The van der Waals surface area contributed by atoms with Crippen molar-refractivity contribution in [3.8, 4) is 0 Å². The minimum atomic E-state index is 0.667. The van der Waals surface area contributed by atoms with E-state index in [1.165, 1.54) is 0 Å². The molecule has 78 valence electrons. The van der Waals surface area contributed by atoms with Crippen LogP contribution in [0.5, 0.6) is 0 Å². The van der Waals surface area contributed by atoms with Gasteiger partial charge in [0, 0.05) is 6.54 Å². The molecule has 0 aromatic carbocycles. The molecule has 0 aliphatic rings. The van der Waals surface area contributed by atoms with Gasteiger partial charge in [-0.05, 0) is 6.42 Å². The standard InChI is InChI=1S/C10H13N5/c1-3-5-11-10-9-8(12-6-13-10)7(4-2)14-15-9/h3,6H,1,4-5H2,2H3,(H,14,15)(H,11,12,13). The monoisotopic (exact) mass is 203 g/mol. The van der Waals surface area contributed by atoms with Gasteiger partial charge in [0.15, 0.2) is 11.3 Å². The van der Waals surface area contributed by atoms with E-state index in [4.69, 9.17) is 0 Å². The maximum Gasteiger partial charge on any atom is 0.158 e. The van der Waals surface area contributed by atoms with Crippen molar-refractivity contribution >= 4 is 16.9 Å². The quantitative estimate of drug-likeness (QED) is 0.739. The summed E-state index contributed by atoms with van der Waals surface area (Å²) in [5, 5.41) is 10.3. The van der Waals surface area contributed by atoms with E-state index in [0.717, 1.165) is 29.0 Å². The first kappa shape index (κ1) is 9.64. The first-order valence-electron chi connectivity index (χ1n) is 4.89. The molecule has 0 saturated carbocycles. The number of fused-ring (bicyclic) bond motifs is 1. The molecule has 2 aromatic rings. The largest absolute Gasteiger partial charge is 0.365 e. The van der Waals surface area contributed by atoms with Crippen LogP contribution in [0.1, 0.15) is 12.6 Å².